The molecule has 1 saturated carbocycles. The molecule has 0 unspecified atom stereocenters. The smallest absolute Gasteiger partial charge is 0.230 e. The van der Waals surface area contributed by atoms with E-state index in [0.29, 0.717) is 12.5 Å². The molecule has 0 aromatic carbocycles. The van der Waals surface area contributed by atoms with Crippen LogP contribution in [0.2, 0.25) is 0 Å². The summed E-state index contributed by atoms with van der Waals surface area (Å²) >= 11 is 1.93. The predicted molar refractivity (Wildman–Crippen MR) is 59.2 cm³/mol. The first-order valence-electron chi connectivity index (χ1n) is 5.36. The molecule has 3 nitrogen and oxygen atoms in total. The lowest BCUT2D eigenvalue weighted by Gasteiger charge is -2.43. The Bertz CT molecular complexity index is 217. The number of carbonyl (C=O) groups excluding carboxylic acids is 1. The maximum Gasteiger partial charge on any atom is 0.230 e. The quantitative estimate of drug-likeness (QED) is 0.735. The van der Waals surface area contributed by atoms with E-state index in [4.69, 9.17) is 5.73 Å². The van der Waals surface area contributed by atoms with E-state index in [1.165, 1.54) is 6.42 Å². The van der Waals surface area contributed by atoms with Crippen LogP contribution < -0.4 is 5.73 Å². The Balaban J connectivity index is 1.98. The summed E-state index contributed by atoms with van der Waals surface area (Å²) in [5.41, 5.74) is 5.56. The molecule has 0 aromatic heterocycles. The Morgan fingerprint density at radius 3 is 2.43 bits per heavy atom. The third-order valence-electron chi connectivity index (χ3n) is 3.45. The fraction of sp³-hybridized carbons (Fsp3) is 0.900. The second-order valence-corrected chi connectivity index (χ2v) is 5.47. The molecule has 1 amide bonds. The number of amides is 1. The highest BCUT2D eigenvalue weighted by molar-refractivity contribution is 7.99. The van der Waals surface area contributed by atoms with Gasteiger partial charge in [0.2, 0.25) is 5.91 Å². The van der Waals surface area contributed by atoms with Crippen molar-refractivity contribution in [2.24, 2.45) is 11.1 Å². The molecule has 0 bridgehead atoms. The van der Waals surface area contributed by atoms with Crippen LogP contribution in [0.1, 0.15) is 19.3 Å². The van der Waals surface area contributed by atoms with E-state index < -0.39 is 0 Å². The van der Waals surface area contributed by atoms with Gasteiger partial charge in [-0.15, -0.1) is 0 Å². The Morgan fingerprint density at radius 2 is 2.00 bits per heavy atom. The van der Waals surface area contributed by atoms with Crippen molar-refractivity contribution in [2.75, 3.05) is 31.1 Å². The van der Waals surface area contributed by atoms with Crippen LogP contribution in [0.5, 0.6) is 0 Å². The highest BCUT2D eigenvalue weighted by Gasteiger charge is 2.45. The van der Waals surface area contributed by atoms with Crippen LogP contribution in [-0.2, 0) is 4.79 Å². The van der Waals surface area contributed by atoms with E-state index >= 15 is 0 Å². The Hall–Kier alpha value is -0.220. The number of hydrogen-bond donors (Lipinski definition) is 1. The van der Waals surface area contributed by atoms with E-state index in [9.17, 15) is 4.79 Å². The molecule has 1 saturated heterocycles. The first kappa shape index (κ1) is 10.3. The maximum absolute atomic E-state index is 12.2. The molecule has 2 fully saturated rings. The van der Waals surface area contributed by atoms with Crippen molar-refractivity contribution < 1.29 is 4.79 Å². The van der Waals surface area contributed by atoms with Gasteiger partial charge in [-0.1, -0.05) is 6.42 Å². The molecule has 0 spiro atoms. The third-order valence-corrected chi connectivity index (χ3v) is 4.40. The molecule has 14 heavy (non-hydrogen) atoms. The van der Waals surface area contributed by atoms with Gasteiger partial charge in [0.15, 0.2) is 0 Å². The molecule has 4 heteroatoms. The van der Waals surface area contributed by atoms with Gasteiger partial charge in [-0.05, 0) is 12.8 Å². The van der Waals surface area contributed by atoms with Crippen LogP contribution in [-0.4, -0.2) is 41.9 Å². The topological polar surface area (TPSA) is 46.3 Å². The maximum atomic E-state index is 12.2. The Kier molecular flexibility index (Phi) is 3.02. The van der Waals surface area contributed by atoms with Crippen LogP contribution >= 0.6 is 11.8 Å². The molecule has 80 valence electrons. The van der Waals surface area contributed by atoms with Crippen molar-refractivity contribution in [1.29, 1.82) is 0 Å². The number of carbonyl (C=O) groups is 1. The van der Waals surface area contributed by atoms with Crippen LogP contribution in [0, 0.1) is 5.41 Å². The summed E-state index contributed by atoms with van der Waals surface area (Å²) < 4.78 is 0. The summed E-state index contributed by atoms with van der Waals surface area (Å²) in [4.78, 5) is 14.2. The number of nitrogens with zero attached hydrogens (tertiary/aromatic N) is 1. The minimum atomic E-state index is -0.165. The average molecular weight is 214 g/mol. The lowest BCUT2D eigenvalue weighted by molar-refractivity contribution is -0.146. The molecular formula is C10H18N2OS. The molecule has 2 aliphatic rings. The second-order valence-electron chi connectivity index (χ2n) is 4.24. The fourth-order valence-corrected chi connectivity index (χ4v) is 3.11. The van der Waals surface area contributed by atoms with Crippen LogP contribution in [0.15, 0.2) is 0 Å². The molecule has 1 aliphatic heterocycles. The molecule has 2 N–H and O–H groups in total. The van der Waals surface area contributed by atoms with Gasteiger partial charge >= 0.3 is 0 Å². The van der Waals surface area contributed by atoms with Gasteiger partial charge in [-0.2, -0.15) is 11.8 Å². The van der Waals surface area contributed by atoms with E-state index in [0.717, 1.165) is 37.4 Å². The first-order chi connectivity index (χ1) is 6.78. The zero-order chi connectivity index (χ0) is 10.0. The summed E-state index contributed by atoms with van der Waals surface area (Å²) in [7, 11) is 0. The average Bonchev–Trinajstić information content (AvgIpc) is 2.18. The van der Waals surface area contributed by atoms with Crippen molar-refractivity contribution >= 4 is 17.7 Å². The van der Waals surface area contributed by atoms with Crippen molar-refractivity contribution in [2.45, 2.75) is 19.3 Å². The lowest BCUT2D eigenvalue weighted by atomic mass is 9.68. The van der Waals surface area contributed by atoms with Gasteiger partial charge in [0.25, 0.3) is 0 Å². The molecule has 2 rings (SSSR count). The normalized spacial score (nSPS) is 25.6. The number of nitrogens with two attached hydrogens (primary N) is 1. The monoisotopic (exact) mass is 214 g/mol. The summed E-state index contributed by atoms with van der Waals surface area (Å²) in [6.45, 7) is 2.38. The van der Waals surface area contributed by atoms with Gasteiger partial charge < -0.3 is 10.6 Å². The zero-order valence-electron chi connectivity index (χ0n) is 8.50. The number of rotatable bonds is 2. The van der Waals surface area contributed by atoms with Crippen LogP contribution in [0.25, 0.3) is 0 Å². The summed E-state index contributed by atoms with van der Waals surface area (Å²) in [6, 6.07) is 0. The molecule has 0 aromatic rings. The molecule has 1 aliphatic carbocycles. The van der Waals surface area contributed by atoms with Gasteiger partial charge in [0.1, 0.15) is 0 Å². The largest absolute Gasteiger partial charge is 0.341 e. The second kappa shape index (κ2) is 4.11. The minimum Gasteiger partial charge on any atom is -0.341 e. The molecule has 0 atom stereocenters. The van der Waals surface area contributed by atoms with Crippen molar-refractivity contribution in [3.05, 3.63) is 0 Å². The van der Waals surface area contributed by atoms with Crippen LogP contribution in [0.4, 0.5) is 0 Å². The van der Waals surface area contributed by atoms with E-state index in [1.807, 2.05) is 16.7 Å². The third kappa shape index (κ3) is 1.65. The van der Waals surface area contributed by atoms with E-state index in [2.05, 4.69) is 0 Å². The van der Waals surface area contributed by atoms with Crippen molar-refractivity contribution in [3.8, 4) is 0 Å². The lowest BCUT2D eigenvalue weighted by Crippen LogP contribution is -2.53. The fourth-order valence-electron chi connectivity index (χ4n) is 2.21. The molecule has 1 heterocycles. The Morgan fingerprint density at radius 1 is 1.36 bits per heavy atom. The number of hydrogen-bond acceptors (Lipinski definition) is 3. The first-order valence-corrected chi connectivity index (χ1v) is 6.51. The van der Waals surface area contributed by atoms with Gasteiger partial charge in [0.05, 0.1) is 5.41 Å². The summed E-state index contributed by atoms with van der Waals surface area (Å²) in [6.07, 6.45) is 3.18. The minimum absolute atomic E-state index is 0.165. The number of thioether (sulfide) groups is 1. The zero-order valence-corrected chi connectivity index (χ0v) is 9.31. The van der Waals surface area contributed by atoms with Gasteiger partial charge in [0, 0.05) is 31.1 Å². The predicted octanol–water partition coefficient (Wildman–Crippen LogP) is 0.691. The SMILES string of the molecule is NCC1(C(=O)N2CCSCC2)CCC1. The van der Waals surface area contributed by atoms with Gasteiger partial charge in [-0.3, -0.25) is 4.79 Å². The van der Waals surface area contributed by atoms with Crippen molar-refractivity contribution in [3.63, 3.8) is 0 Å². The standard InChI is InChI=1S/C10H18N2OS/c11-8-10(2-1-3-10)9(13)12-4-6-14-7-5-12/h1-8,11H2. The van der Waals surface area contributed by atoms with Crippen molar-refractivity contribution in [1.82, 2.24) is 4.90 Å². The highest BCUT2D eigenvalue weighted by atomic mass is 32.2. The van der Waals surface area contributed by atoms with E-state index in [1.54, 1.807) is 0 Å². The summed E-state index contributed by atoms with van der Waals surface area (Å²) in [5, 5.41) is 0. The van der Waals surface area contributed by atoms with E-state index in [-0.39, 0.29) is 5.41 Å². The van der Waals surface area contributed by atoms with Crippen LogP contribution in [0.3, 0.4) is 0 Å². The molecular weight excluding hydrogens is 196 g/mol. The molecule has 0 radical (unpaired) electrons. The van der Waals surface area contributed by atoms with Gasteiger partial charge in [-0.25, -0.2) is 0 Å². The summed E-state index contributed by atoms with van der Waals surface area (Å²) in [5.74, 6) is 2.50. The Labute approximate surface area is 89.4 Å². The highest BCUT2D eigenvalue weighted by Crippen LogP contribution is 2.41.